The fourth-order valence-corrected chi connectivity index (χ4v) is 4.00. The monoisotopic (exact) mass is 382 g/mol. The molecule has 4 rings (SSSR count). The van der Waals surface area contributed by atoms with Crippen LogP contribution >= 0.6 is 23.2 Å². The highest BCUT2D eigenvalue weighted by atomic mass is 35.5. The van der Waals surface area contributed by atoms with Crippen molar-refractivity contribution < 1.29 is 0 Å². The van der Waals surface area contributed by atoms with Gasteiger partial charge < -0.3 is 10.7 Å². The number of aryl methyl sites for hydroxylation is 1. The van der Waals surface area contributed by atoms with Crippen LogP contribution in [0.4, 0.5) is 0 Å². The van der Waals surface area contributed by atoms with Crippen LogP contribution in [0.5, 0.6) is 0 Å². The molecule has 0 aliphatic heterocycles. The van der Waals surface area contributed by atoms with Crippen molar-refractivity contribution in [3.63, 3.8) is 0 Å². The third-order valence-electron chi connectivity index (χ3n) is 4.88. The number of aromatic nitrogens is 1. The molecule has 0 spiro atoms. The Kier molecular flexibility index (Phi) is 4.90. The van der Waals surface area contributed by atoms with E-state index in [9.17, 15) is 0 Å². The maximum Gasteiger partial charge on any atom is 0.0541 e. The van der Waals surface area contributed by atoms with Crippen LogP contribution in [-0.4, -0.2) is 11.5 Å². The van der Waals surface area contributed by atoms with Crippen molar-refractivity contribution in [1.29, 1.82) is 0 Å². The van der Waals surface area contributed by atoms with Crippen LogP contribution in [0, 0.1) is 0 Å². The quantitative estimate of drug-likeness (QED) is 0.376. The first-order valence-corrected chi connectivity index (χ1v) is 9.62. The summed E-state index contributed by atoms with van der Waals surface area (Å²) in [6, 6.07) is 18.4. The molecular formula is C22H20Cl2N2. The van der Waals surface area contributed by atoms with Crippen LogP contribution in [0.3, 0.4) is 0 Å². The SMILES string of the molecule is NCCCCc1c(-c2cc(Cl)ccc2Cl)[nH]c2c1ccc1ccccc12. The molecule has 3 N–H and O–H groups in total. The van der Waals surface area contributed by atoms with Gasteiger partial charge in [0.2, 0.25) is 0 Å². The summed E-state index contributed by atoms with van der Waals surface area (Å²) in [5.74, 6) is 0. The van der Waals surface area contributed by atoms with E-state index in [1.165, 1.54) is 21.7 Å². The zero-order valence-corrected chi connectivity index (χ0v) is 15.9. The minimum atomic E-state index is 0.681. The molecule has 0 fully saturated rings. The lowest BCUT2D eigenvalue weighted by Gasteiger charge is -2.08. The Morgan fingerprint density at radius 2 is 1.73 bits per heavy atom. The van der Waals surface area contributed by atoms with Gasteiger partial charge in [-0.15, -0.1) is 0 Å². The van der Waals surface area contributed by atoms with E-state index in [4.69, 9.17) is 28.9 Å². The first-order valence-electron chi connectivity index (χ1n) is 8.87. The van der Waals surface area contributed by atoms with E-state index in [1.807, 2.05) is 18.2 Å². The Morgan fingerprint density at radius 1 is 0.885 bits per heavy atom. The number of unbranched alkanes of at least 4 members (excludes halogenated alkanes) is 1. The van der Waals surface area contributed by atoms with Gasteiger partial charge in [0.15, 0.2) is 0 Å². The highest BCUT2D eigenvalue weighted by Crippen LogP contribution is 2.38. The molecule has 2 nitrogen and oxygen atoms in total. The first kappa shape index (κ1) is 17.4. The average Bonchev–Trinajstić information content (AvgIpc) is 3.03. The summed E-state index contributed by atoms with van der Waals surface area (Å²) < 4.78 is 0. The van der Waals surface area contributed by atoms with Gasteiger partial charge >= 0.3 is 0 Å². The minimum absolute atomic E-state index is 0.681. The molecule has 1 heterocycles. The van der Waals surface area contributed by atoms with E-state index >= 15 is 0 Å². The predicted octanol–water partition coefficient (Wildman–Crippen LogP) is 6.58. The summed E-state index contributed by atoms with van der Waals surface area (Å²) in [7, 11) is 0. The molecule has 4 aromatic rings. The number of benzene rings is 3. The molecule has 0 unspecified atom stereocenters. The second-order valence-electron chi connectivity index (χ2n) is 6.56. The summed E-state index contributed by atoms with van der Waals surface area (Å²) in [5.41, 5.74) is 10.1. The zero-order valence-electron chi connectivity index (χ0n) is 14.4. The van der Waals surface area contributed by atoms with Gasteiger partial charge in [0, 0.05) is 26.4 Å². The van der Waals surface area contributed by atoms with E-state index in [-0.39, 0.29) is 0 Å². The van der Waals surface area contributed by atoms with E-state index in [1.54, 1.807) is 0 Å². The molecule has 0 saturated carbocycles. The highest BCUT2D eigenvalue weighted by Gasteiger charge is 2.17. The molecule has 0 aliphatic carbocycles. The molecule has 1 aromatic heterocycles. The van der Waals surface area contributed by atoms with Gasteiger partial charge in [0.1, 0.15) is 0 Å². The molecule has 0 amide bonds. The van der Waals surface area contributed by atoms with Crippen LogP contribution in [0.15, 0.2) is 54.6 Å². The van der Waals surface area contributed by atoms with Crippen molar-refractivity contribution >= 4 is 44.9 Å². The molecule has 132 valence electrons. The van der Waals surface area contributed by atoms with Crippen molar-refractivity contribution in [2.24, 2.45) is 5.73 Å². The number of hydrogen-bond acceptors (Lipinski definition) is 1. The summed E-state index contributed by atoms with van der Waals surface area (Å²) >= 11 is 12.8. The third kappa shape index (κ3) is 3.09. The first-order chi connectivity index (χ1) is 12.7. The van der Waals surface area contributed by atoms with Crippen molar-refractivity contribution in [3.05, 3.63) is 70.2 Å². The summed E-state index contributed by atoms with van der Waals surface area (Å²) in [6.45, 7) is 0.707. The normalized spacial score (nSPS) is 11.5. The Labute approximate surface area is 162 Å². The second-order valence-corrected chi connectivity index (χ2v) is 7.40. The Balaban J connectivity index is 1.99. The van der Waals surface area contributed by atoms with Crippen LogP contribution in [-0.2, 0) is 6.42 Å². The van der Waals surface area contributed by atoms with Crippen molar-refractivity contribution in [2.75, 3.05) is 6.54 Å². The average molecular weight is 383 g/mol. The molecule has 26 heavy (non-hydrogen) atoms. The molecule has 0 saturated heterocycles. The summed E-state index contributed by atoms with van der Waals surface area (Å²) in [5, 5.41) is 5.06. The van der Waals surface area contributed by atoms with E-state index in [0.717, 1.165) is 36.0 Å². The van der Waals surface area contributed by atoms with Gasteiger partial charge in [-0.2, -0.15) is 0 Å². The van der Waals surface area contributed by atoms with Gasteiger partial charge in [0.05, 0.1) is 11.2 Å². The third-order valence-corrected chi connectivity index (χ3v) is 5.45. The lowest BCUT2D eigenvalue weighted by atomic mass is 9.99. The van der Waals surface area contributed by atoms with Gasteiger partial charge in [-0.05, 0) is 55.0 Å². The lowest BCUT2D eigenvalue weighted by Crippen LogP contribution is -1.99. The maximum atomic E-state index is 6.51. The summed E-state index contributed by atoms with van der Waals surface area (Å²) in [6.07, 6.45) is 3.00. The van der Waals surface area contributed by atoms with E-state index < -0.39 is 0 Å². The predicted molar refractivity (Wildman–Crippen MR) is 113 cm³/mol. The number of fused-ring (bicyclic) bond motifs is 3. The number of rotatable bonds is 5. The van der Waals surface area contributed by atoms with Gasteiger partial charge in [0.25, 0.3) is 0 Å². The molecular weight excluding hydrogens is 363 g/mol. The van der Waals surface area contributed by atoms with Crippen molar-refractivity contribution in [1.82, 2.24) is 4.98 Å². The molecule has 3 aromatic carbocycles. The fourth-order valence-electron chi connectivity index (χ4n) is 3.62. The van der Waals surface area contributed by atoms with Crippen LogP contribution in [0.2, 0.25) is 10.0 Å². The fraction of sp³-hybridized carbons (Fsp3) is 0.182. The minimum Gasteiger partial charge on any atom is -0.354 e. The molecule has 0 radical (unpaired) electrons. The standard InChI is InChI=1S/C22H20Cl2N2/c23-15-9-11-20(24)19(13-15)22-17(7-3-4-12-25)18-10-8-14-5-1-2-6-16(14)21(18)26-22/h1-2,5-6,8-11,13,26H,3-4,7,12,25H2. The van der Waals surface area contributed by atoms with E-state index in [0.29, 0.717) is 16.6 Å². The van der Waals surface area contributed by atoms with Gasteiger partial charge in [-0.3, -0.25) is 0 Å². The van der Waals surface area contributed by atoms with Crippen LogP contribution in [0.1, 0.15) is 18.4 Å². The molecule has 4 heteroatoms. The Morgan fingerprint density at radius 3 is 2.58 bits per heavy atom. The van der Waals surface area contributed by atoms with Crippen LogP contribution in [0.25, 0.3) is 32.9 Å². The summed E-state index contributed by atoms with van der Waals surface area (Å²) in [4.78, 5) is 3.64. The number of aromatic amines is 1. The lowest BCUT2D eigenvalue weighted by molar-refractivity contribution is 0.748. The van der Waals surface area contributed by atoms with Crippen molar-refractivity contribution in [3.8, 4) is 11.3 Å². The smallest absolute Gasteiger partial charge is 0.0541 e. The van der Waals surface area contributed by atoms with Crippen molar-refractivity contribution in [2.45, 2.75) is 19.3 Å². The largest absolute Gasteiger partial charge is 0.354 e. The number of nitrogens with one attached hydrogen (secondary N) is 1. The molecule has 0 bridgehead atoms. The Bertz CT molecular complexity index is 1080. The number of nitrogens with two attached hydrogens (primary N) is 1. The topological polar surface area (TPSA) is 41.8 Å². The maximum absolute atomic E-state index is 6.51. The molecule has 0 atom stereocenters. The Hall–Kier alpha value is -2.00. The van der Waals surface area contributed by atoms with Gasteiger partial charge in [-0.25, -0.2) is 0 Å². The van der Waals surface area contributed by atoms with Crippen LogP contribution < -0.4 is 5.73 Å². The highest BCUT2D eigenvalue weighted by molar-refractivity contribution is 6.35. The number of halogens is 2. The number of H-pyrrole nitrogens is 1. The van der Waals surface area contributed by atoms with Gasteiger partial charge in [-0.1, -0.05) is 59.6 Å². The molecule has 0 aliphatic rings. The zero-order chi connectivity index (χ0) is 18.1. The number of hydrogen-bond donors (Lipinski definition) is 2. The van der Waals surface area contributed by atoms with E-state index in [2.05, 4.69) is 41.4 Å². The second kappa shape index (κ2) is 7.32.